The van der Waals surface area contributed by atoms with Gasteiger partial charge in [0.05, 0.1) is 27.8 Å². The molecule has 0 aliphatic heterocycles. The average molecular weight is 867 g/mol. The molecule has 68 heavy (non-hydrogen) atoms. The summed E-state index contributed by atoms with van der Waals surface area (Å²) in [6, 6.07) is 92.9. The molecule has 1 aliphatic rings. The standard InChI is InChI=1S/C65H42N2O/c1-4-19-46(20-5-1)65(47-21-6-2-7-22-47)56-29-14-12-27-54(56)62-57(65)30-17-32-60(62)67(61-33-16-28-52-53-40-36-44-18-10-11-25-50(44)63(53)68-64(52)61)49-38-34-43(35-39-49)45-37-41-59-55(42-45)51-26-13-15-31-58(51)66(59)48-23-8-3-9-24-48/h1-42H. The maximum absolute atomic E-state index is 7.15. The van der Waals surface area contributed by atoms with Gasteiger partial charge in [-0.05, 0) is 105 Å². The first-order valence-corrected chi connectivity index (χ1v) is 23.4. The number of nitrogens with zero attached hydrogens (tertiary/aromatic N) is 2. The predicted octanol–water partition coefficient (Wildman–Crippen LogP) is 17.3. The number of hydrogen-bond donors (Lipinski definition) is 0. The van der Waals surface area contributed by atoms with Crippen LogP contribution < -0.4 is 4.90 Å². The summed E-state index contributed by atoms with van der Waals surface area (Å²) in [5, 5.41) is 6.93. The van der Waals surface area contributed by atoms with E-state index in [-0.39, 0.29) is 0 Å². The number of para-hydroxylation sites is 3. The highest BCUT2D eigenvalue weighted by atomic mass is 16.3. The van der Waals surface area contributed by atoms with Crippen LogP contribution in [0.4, 0.5) is 17.1 Å². The zero-order valence-corrected chi connectivity index (χ0v) is 37.1. The van der Waals surface area contributed by atoms with E-state index in [2.05, 4.69) is 264 Å². The molecule has 0 radical (unpaired) electrons. The molecule has 318 valence electrons. The molecule has 2 aromatic heterocycles. The van der Waals surface area contributed by atoms with E-state index in [1.165, 1.54) is 60.8 Å². The van der Waals surface area contributed by atoms with Crippen molar-refractivity contribution < 1.29 is 4.42 Å². The van der Waals surface area contributed by atoms with E-state index < -0.39 is 5.41 Å². The van der Waals surface area contributed by atoms with E-state index in [1.54, 1.807) is 0 Å². The summed E-state index contributed by atoms with van der Waals surface area (Å²) in [7, 11) is 0. The van der Waals surface area contributed by atoms with E-state index in [1.807, 2.05) is 0 Å². The van der Waals surface area contributed by atoms with Gasteiger partial charge in [0.1, 0.15) is 5.58 Å². The van der Waals surface area contributed by atoms with Crippen molar-refractivity contribution in [3.8, 4) is 27.9 Å². The number of fused-ring (bicyclic) bond motifs is 11. The molecule has 3 nitrogen and oxygen atoms in total. The molecule has 1 aliphatic carbocycles. The molecular weight excluding hydrogens is 825 g/mol. The highest BCUT2D eigenvalue weighted by Crippen LogP contribution is 2.60. The molecule has 0 N–H and O–H groups in total. The van der Waals surface area contributed by atoms with Crippen LogP contribution in [0.25, 0.3) is 82.5 Å². The average Bonchev–Trinajstić information content (AvgIpc) is 4.07. The van der Waals surface area contributed by atoms with E-state index in [0.717, 1.165) is 61.0 Å². The van der Waals surface area contributed by atoms with Crippen molar-refractivity contribution >= 4 is 71.6 Å². The molecule has 0 saturated heterocycles. The van der Waals surface area contributed by atoms with Crippen LogP contribution in [-0.2, 0) is 5.41 Å². The van der Waals surface area contributed by atoms with Gasteiger partial charge in [-0.3, -0.25) is 0 Å². The van der Waals surface area contributed by atoms with E-state index in [9.17, 15) is 0 Å². The molecule has 14 rings (SSSR count). The Bertz CT molecular complexity index is 4030. The summed E-state index contributed by atoms with van der Waals surface area (Å²) in [6.07, 6.45) is 0. The third kappa shape index (κ3) is 5.54. The zero-order chi connectivity index (χ0) is 44.8. The van der Waals surface area contributed by atoms with Gasteiger partial charge in [0.25, 0.3) is 0 Å². The van der Waals surface area contributed by atoms with Gasteiger partial charge in [-0.15, -0.1) is 0 Å². The molecule has 0 fully saturated rings. The minimum Gasteiger partial charge on any atom is -0.453 e. The normalized spacial score (nSPS) is 12.8. The summed E-state index contributed by atoms with van der Waals surface area (Å²) >= 11 is 0. The van der Waals surface area contributed by atoms with Gasteiger partial charge in [-0.2, -0.15) is 0 Å². The van der Waals surface area contributed by atoms with E-state index >= 15 is 0 Å². The quantitative estimate of drug-likeness (QED) is 0.159. The van der Waals surface area contributed by atoms with Crippen molar-refractivity contribution in [2.75, 3.05) is 4.90 Å². The fourth-order valence-electron chi connectivity index (χ4n) is 11.6. The number of furan rings is 1. The summed E-state index contributed by atoms with van der Waals surface area (Å²) in [5.74, 6) is 0. The first kappa shape index (κ1) is 38.4. The van der Waals surface area contributed by atoms with Gasteiger partial charge >= 0.3 is 0 Å². The van der Waals surface area contributed by atoms with Gasteiger partial charge < -0.3 is 13.9 Å². The SMILES string of the molecule is c1ccc(-n2c3ccccc3c3cc(-c4ccc(N(c5cccc6c5-c5ccccc5C6(c5ccccc5)c5ccccc5)c5cccc6c5oc5c7ccccc7ccc65)cc4)ccc32)cc1. The number of rotatable bonds is 7. The molecule has 0 bridgehead atoms. The maximum atomic E-state index is 7.15. The van der Waals surface area contributed by atoms with Crippen LogP contribution in [0.3, 0.4) is 0 Å². The monoisotopic (exact) mass is 866 g/mol. The summed E-state index contributed by atoms with van der Waals surface area (Å²) in [4.78, 5) is 2.44. The third-order valence-corrected chi connectivity index (χ3v) is 14.5. The molecule has 0 spiro atoms. The van der Waals surface area contributed by atoms with Crippen LogP contribution in [0.2, 0.25) is 0 Å². The van der Waals surface area contributed by atoms with Crippen molar-refractivity contribution in [3.05, 3.63) is 277 Å². The van der Waals surface area contributed by atoms with Gasteiger partial charge in [0, 0.05) is 43.9 Å². The Morgan fingerprint density at radius 1 is 0.368 bits per heavy atom. The van der Waals surface area contributed by atoms with Gasteiger partial charge in [0.15, 0.2) is 5.58 Å². The Morgan fingerprint density at radius 3 is 1.75 bits per heavy atom. The lowest BCUT2D eigenvalue weighted by molar-refractivity contribution is 0.673. The van der Waals surface area contributed by atoms with Crippen LogP contribution in [0.5, 0.6) is 0 Å². The number of anilines is 3. The molecule has 0 atom stereocenters. The van der Waals surface area contributed by atoms with Crippen LogP contribution in [0.15, 0.2) is 259 Å². The van der Waals surface area contributed by atoms with Crippen molar-refractivity contribution in [1.29, 1.82) is 0 Å². The van der Waals surface area contributed by atoms with Gasteiger partial charge in [0.2, 0.25) is 0 Å². The molecular formula is C65H42N2O. The second kappa shape index (κ2) is 15.1. The highest BCUT2D eigenvalue weighted by Gasteiger charge is 2.47. The Kier molecular flexibility index (Phi) is 8.50. The third-order valence-electron chi connectivity index (χ3n) is 14.5. The number of aromatic nitrogens is 1. The summed E-state index contributed by atoms with van der Waals surface area (Å²) < 4.78 is 9.52. The lowest BCUT2D eigenvalue weighted by Gasteiger charge is -2.34. The van der Waals surface area contributed by atoms with Crippen molar-refractivity contribution in [2.45, 2.75) is 5.41 Å². The van der Waals surface area contributed by atoms with E-state index in [4.69, 9.17) is 4.42 Å². The smallest absolute Gasteiger partial charge is 0.159 e. The highest BCUT2D eigenvalue weighted by molar-refractivity contribution is 6.18. The van der Waals surface area contributed by atoms with Crippen LogP contribution in [0, 0.1) is 0 Å². The minimum atomic E-state index is -0.549. The Morgan fingerprint density at radius 2 is 0.956 bits per heavy atom. The second-order valence-electron chi connectivity index (χ2n) is 17.9. The fraction of sp³-hybridized carbons (Fsp3) is 0.0154. The minimum absolute atomic E-state index is 0.549. The van der Waals surface area contributed by atoms with Crippen LogP contribution in [0.1, 0.15) is 22.3 Å². The van der Waals surface area contributed by atoms with Gasteiger partial charge in [-0.1, -0.05) is 194 Å². The fourth-order valence-corrected chi connectivity index (χ4v) is 11.6. The number of benzene rings is 11. The summed E-state index contributed by atoms with van der Waals surface area (Å²) in [5.41, 5.74) is 17.6. The zero-order valence-electron chi connectivity index (χ0n) is 37.1. The lowest BCUT2D eigenvalue weighted by atomic mass is 9.68. The molecule has 0 saturated carbocycles. The molecule has 3 heteroatoms. The molecule has 2 heterocycles. The van der Waals surface area contributed by atoms with Crippen molar-refractivity contribution in [1.82, 2.24) is 4.57 Å². The topological polar surface area (TPSA) is 21.3 Å². The first-order valence-electron chi connectivity index (χ1n) is 23.4. The summed E-state index contributed by atoms with van der Waals surface area (Å²) in [6.45, 7) is 0. The molecule has 11 aromatic carbocycles. The Balaban J connectivity index is 1.00. The molecule has 0 amide bonds. The number of hydrogen-bond acceptors (Lipinski definition) is 2. The lowest BCUT2D eigenvalue weighted by Crippen LogP contribution is -2.28. The molecule has 13 aromatic rings. The van der Waals surface area contributed by atoms with Crippen LogP contribution in [-0.4, -0.2) is 4.57 Å². The molecule has 0 unspecified atom stereocenters. The van der Waals surface area contributed by atoms with Crippen LogP contribution >= 0.6 is 0 Å². The second-order valence-corrected chi connectivity index (χ2v) is 17.9. The predicted molar refractivity (Wildman–Crippen MR) is 283 cm³/mol. The largest absolute Gasteiger partial charge is 0.453 e. The Hall–Kier alpha value is -8.92. The Labute approximate surface area is 394 Å². The van der Waals surface area contributed by atoms with Crippen molar-refractivity contribution in [3.63, 3.8) is 0 Å². The first-order chi connectivity index (χ1) is 33.8. The van der Waals surface area contributed by atoms with Crippen molar-refractivity contribution in [2.24, 2.45) is 0 Å². The van der Waals surface area contributed by atoms with E-state index in [0.29, 0.717) is 0 Å². The van der Waals surface area contributed by atoms with Gasteiger partial charge in [-0.25, -0.2) is 0 Å². The maximum Gasteiger partial charge on any atom is 0.159 e.